The van der Waals surface area contributed by atoms with Crippen LogP contribution in [0.5, 0.6) is 11.5 Å². The van der Waals surface area contributed by atoms with Gasteiger partial charge in [-0.3, -0.25) is 14.4 Å². The Labute approximate surface area is 295 Å². The summed E-state index contributed by atoms with van der Waals surface area (Å²) in [5.41, 5.74) is 0.642. The summed E-state index contributed by atoms with van der Waals surface area (Å²) in [6.07, 6.45) is 1.23. The summed E-state index contributed by atoms with van der Waals surface area (Å²) >= 11 is 0. The molecular weight excluding hydrogens is 624 g/mol. The van der Waals surface area contributed by atoms with Crippen LogP contribution in [0.1, 0.15) is 75.1 Å². The van der Waals surface area contributed by atoms with Crippen LogP contribution in [0.4, 0.5) is 11.4 Å². The lowest BCUT2D eigenvalue weighted by atomic mass is 9.59. The maximum atomic E-state index is 16.1. The maximum Gasteiger partial charge on any atom is 0.179 e. The number of phenolic OH excluding ortho intramolecular Hbond substituents is 2. The fourth-order valence-corrected chi connectivity index (χ4v) is 9.20. The molecule has 0 spiro atoms. The molecule has 0 bridgehead atoms. The van der Waals surface area contributed by atoms with Crippen LogP contribution in [-0.2, 0) is 4.79 Å². The molecule has 2 fully saturated rings. The highest BCUT2D eigenvalue weighted by Crippen LogP contribution is 2.51. The standard InChI is InChI=1S/C43H48N2O5/c1-27-25-42(3,4)35(39(48)31-21-13-15-23-33(31)46)37(44(27)29-17-9-7-10-18-29)41(50)38-36(40(49)32-22-14-16-24-34(32)47)43(5,6)26-28(2)45(38)30-19-11-8-12-20-30/h7-24,27-28,35-38,46-47H,25-26H2,1-6H3. The van der Waals surface area contributed by atoms with Crippen LogP contribution in [0, 0.1) is 22.7 Å². The van der Waals surface area contributed by atoms with E-state index in [0.29, 0.717) is 12.8 Å². The zero-order valence-electron chi connectivity index (χ0n) is 29.8. The lowest BCUT2D eigenvalue weighted by molar-refractivity contribution is -0.127. The Kier molecular flexibility index (Phi) is 9.38. The Morgan fingerprint density at radius 2 is 0.860 bits per heavy atom. The van der Waals surface area contributed by atoms with Crippen LogP contribution in [-0.4, -0.2) is 51.7 Å². The Morgan fingerprint density at radius 3 is 1.20 bits per heavy atom. The van der Waals surface area contributed by atoms with Gasteiger partial charge in [-0.15, -0.1) is 0 Å². The molecule has 2 heterocycles. The van der Waals surface area contributed by atoms with E-state index in [1.807, 2.05) is 88.4 Å². The summed E-state index contributed by atoms with van der Waals surface area (Å²) in [5, 5.41) is 21.9. The van der Waals surface area contributed by atoms with Crippen molar-refractivity contribution in [3.05, 3.63) is 120 Å². The molecule has 7 heteroatoms. The second-order valence-corrected chi connectivity index (χ2v) is 15.6. The first-order chi connectivity index (χ1) is 23.7. The molecule has 7 nitrogen and oxygen atoms in total. The van der Waals surface area contributed by atoms with Crippen molar-refractivity contribution in [3.63, 3.8) is 0 Å². The van der Waals surface area contributed by atoms with Crippen LogP contribution in [0.2, 0.25) is 0 Å². The van der Waals surface area contributed by atoms with E-state index in [-0.39, 0.29) is 52.1 Å². The molecule has 2 saturated heterocycles. The average Bonchev–Trinajstić information content (AvgIpc) is 3.07. The molecule has 6 rings (SSSR count). The summed E-state index contributed by atoms with van der Waals surface area (Å²) < 4.78 is 0. The van der Waals surface area contributed by atoms with Crippen molar-refractivity contribution in [2.24, 2.45) is 22.7 Å². The first kappa shape index (κ1) is 34.9. The number of benzene rings is 4. The molecule has 4 aromatic rings. The summed E-state index contributed by atoms with van der Waals surface area (Å²) in [5.74, 6) is -2.84. The minimum atomic E-state index is -0.986. The van der Waals surface area contributed by atoms with Crippen molar-refractivity contribution < 1.29 is 24.6 Å². The number of hydrogen-bond acceptors (Lipinski definition) is 7. The number of piperidine rings is 2. The van der Waals surface area contributed by atoms with Gasteiger partial charge in [0, 0.05) is 23.5 Å². The number of anilines is 2. The Morgan fingerprint density at radius 1 is 0.540 bits per heavy atom. The SMILES string of the molecule is CC1CC(C)(C)C(C(=O)c2ccccc2O)C(C(=O)C2C(C(=O)c3ccccc3O)C(C)(C)CC(C)N2c2ccccc2)N1c1ccccc1. The highest BCUT2D eigenvalue weighted by molar-refractivity contribution is 6.10. The molecule has 0 radical (unpaired) electrons. The van der Waals surface area contributed by atoms with Crippen molar-refractivity contribution in [1.29, 1.82) is 0 Å². The molecule has 50 heavy (non-hydrogen) atoms. The van der Waals surface area contributed by atoms with Gasteiger partial charge < -0.3 is 20.0 Å². The number of nitrogens with zero attached hydrogens (tertiary/aromatic N) is 2. The normalized spacial score (nSPS) is 25.9. The van der Waals surface area contributed by atoms with E-state index in [1.54, 1.807) is 36.4 Å². The van der Waals surface area contributed by atoms with Gasteiger partial charge in [-0.05, 0) is 86.1 Å². The number of hydrogen-bond donors (Lipinski definition) is 2. The van der Waals surface area contributed by atoms with Gasteiger partial charge in [-0.2, -0.15) is 0 Å². The monoisotopic (exact) mass is 672 g/mol. The molecule has 2 N–H and O–H groups in total. The fraction of sp³-hybridized carbons (Fsp3) is 0.372. The fourth-order valence-electron chi connectivity index (χ4n) is 9.20. The van der Waals surface area contributed by atoms with Crippen LogP contribution < -0.4 is 9.80 Å². The van der Waals surface area contributed by atoms with E-state index in [4.69, 9.17) is 0 Å². The Bertz CT molecular complexity index is 1740. The Balaban J connectivity index is 1.62. The topological polar surface area (TPSA) is 98.1 Å². The van der Waals surface area contributed by atoms with Crippen molar-refractivity contribution in [3.8, 4) is 11.5 Å². The summed E-state index contributed by atoms with van der Waals surface area (Å²) in [6, 6.07) is 30.2. The number of rotatable bonds is 8. The van der Waals surface area contributed by atoms with Gasteiger partial charge >= 0.3 is 0 Å². The molecule has 260 valence electrons. The predicted octanol–water partition coefficient (Wildman–Crippen LogP) is 8.35. The number of carbonyl (C=O) groups is 3. The number of phenols is 2. The quantitative estimate of drug-likeness (QED) is 0.182. The summed E-state index contributed by atoms with van der Waals surface area (Å²) in [7, 11) is 0. The Hall–Kier alpha value is -4.91. The van der Waals surface area contributed by atoms with E-state index in [9.17, 15) is 19.8 Å². The van der Waals surface area contributed by atoms with Crippen LogP contribution in [0.25, 0.3) is 0 Å². The van der Waals surface area contributed by atoms with Crippen molar-refractivity contribution >= 4 is 28.7 Å². The van der Waals surface area contributed by atoms with Gasteiger partial charge in [0.15, 0.2) is 17.3 Å². The molecule has 4 aromatic carbocycles. The van der Waals surface area contributed by atoms with E-state index >= 15 is 4.79 Å². The maximum absolute atomic E-state index is 16.1. The van der Waals surface area contributed by atoms with Gasteiger partial charge in [-0.1, -0.05) is 88.4 Å². The van der Waals surface area contributed by atoms with Gasteiger partial charge in [0.25, 0.3) is 0 Å². The highest BCUT2D eigenvalue weighted by Gasteiger charge is 2.59. The first-order valence-electron chi connectivity index (χ1n) is 17.6. The molecule has 0 amide bonds. The number of ketones is 3. The number of Topliss-reactive ketones (excluding diaryl/α,β-unsaturated/α-hetero) is 3. The third-order valence-electron chi connectivity index (χ3n) is 11.1. The first-order valence-corrected chi connectivity index (χ1v) is 17.6. The van der Waals surface area contributed by atoms with Crippen LogP contribution in [0.3, 0.4) is 0 Å². The van der Waals surface area contributed by atoms with E-state index in [2.05, 4.69) is 23.6 Å². The molecule has 6 unspecified atom stereocenters. The van der Waals surface area contributed by atoms with Gasteiger partial charge in [-0.25, -0.2) is 0 Å². The summed E-state index contributed by atoms with van der Waals surface area (Å²) in [6.45, 7) is 12.3. The van der Waals surface area contributed by atoms with E-state index in [1.165, 1.54) is 12.1 Å². The number of carbonyl (C=O) groups excluding carboxylic acids is 3. The van der Waals surface area contributed by atoms with Crippen LogP contribution in [0.15, 0.2) is 109 Å². The minimum absolute atomic E-state index is 0.129. The average molecular weight is 673 g/mol. The van der Waals surface area contributed by atoms with Crippen molar-refractivity contribution in [2.75, 3.05) is 9.80 Å². The molecule has 0 saturated carbocycles. The zero-order valence-corrected chi connectivity index (χ0v) is 29.8. The highest BCUT2D eigenvalue weighted by atomic mass is 16.3. The summed E-state index contributed by atoms with van der Waals surface area (Å²) in [4.78, 5) is 50.1. The third kappa shape index (κ3) is 6.19. The molecule has 2 aliphatic rings. The molecular formula is C43H48N2O5. The minimum Gasteiger partial charge on any atom is -0.507 e. The third-order valence-corrected chi connectivity index (χ3v) is 11.1. The number of aromatic hydroxyl groups is 2. The lowest BCUT2D eigenvalue weighted by Gasteiger charge is -2.57. The van der Waals surface area contributed by atoms with Crippen molar-refractivity contribution in [2.45, 2.75) is 78.6 Å². The van der Waals surface area contributed by atoms with Crippen molar-refractivity contribution in [1.82, 2.24) is 0 Å². The lowest BCUT2D eigenvalue weighted by Crippen LogP contribution is -2.69. The van der Waals surface area contributed by atoms with E-state index < -0.39 is 34.7 Å². The smallest absolute Gasteiger partial charge is 0.179 e. The largest absolute Gasteiger partial charge is 0.507 e. The molecule has 6 atom stereocenters. The second kappa shape index (κ2) is 13.4. The van der Waals surface area contributed by atoms with Gasteiger partial charge in [0.1, 0.15) is 23.6 Å². The molecule has 0 aromatic heterocycles. The second-order valence-electron chi connectivity index (χ2n) is 15.6. The number of para-hydroxylation sites is 4. The van der Waals surface area contributed by atoms with Gasteiger partial charge in [0.2, 0.25) is 0 Å². The van der Waals surface area contributed by atoms with E-state index in [0.717, 1.165) is 11.4 Å². The zero-order chi connectivity index (χ0) is 36.0. The molecule has 0 aliphatic carbocycles. The molecule has 2 aliphatic heterocycles. The predicted molar refractivity (Wildman–Crippen MR) is 198 cm³/mol. The van der Waals surface area contributed by atoms with Crippen LogP contribution >= 0.6 is 0 Å². The van der Waals surface area contributed by atoms with Gasteiger partial charge in [0.05, 0.1) is 23.0 Å².